The maximum Gasteiger partial charge on any atom is 0.255 e. The topological polar surface area (TPSA) is 199 Å². The number of imide groups is 2. The lowest BCUT2D eigenvalue weighted by molar-refractivity contribution is -0.497. The molecule has 13 nitrogen and oxygen atoms in total. The Morgan fingerprint density at radius 1 is 0.744 bits per heavy atom. The van der Waals surface area contributed by atoms with E-state index in [1.807, 2.05) is 0 Å². The van der Waals surface area contributed by atoms with Gasteiger partial charge in [0.15, 0.2) is 0 Å². The number of hydrogen-bond acceptors (Lipinski definition) is 8. The molecule has 13 heteroatoms. The van der Waals surface area contributed by atoms with E-state index in [4.69, 9.17) is 5.73 Å². The standard InChI is InChI=1S/C13H13N3O4.C13H13N3O3/c17-11-5-4-10(12(18)14-11)16-6-8-7(13(16)19)2-1-3-9(8)15-20;14-9-3-1-2-7-8(9)6-16(13(7)19)10-4-5-11(17)15-12(10)18/h1-3,10H,4-6,15H2,(H,14,17,18);1-3,10H,4-6,14H2,(H,15,17,18). The predicted molar refractivity (Wildman–Crippen MR) is 134 cm³/mol. The van der Waals surface area contributed by atoms with Crippen molar-refractivity contribution in [1.29, 1.82) is 0 Å². The predicted octanol–water partition coefficient (Wildman–Crippen LogP) is -0.830. The molecule has 0 radical (unpaired) electrons. The fraction of sp³-hybridized carbons (Fsp3) is 0.308. The molecule has 2 aromatic carbocycles. The summed E-state index contributed by atoms with van der Waals surface area (Å²) >= 11 is 0. The summed E-state index contributed by atoms with van der Waals surface area (Å²) in [6, 6.07) is 8.88. The third-order valence-corrected chi connectivity index (χ3v) is 7.36. The lowest BCUT2D eigenvalue weighted by Crippen LogP contribution is -2.70. The number of anilines is 1. The highest BCUT2D eigenvalue weighted by Gasteiger charge is 2.41. The number of piperidine rings is 2. The molecule has 6 rings (SSSR count). The Morgan fingerprint density at radius 3 is 1.72 bits per heavy atom. The van der Waals surface area contributed by atoms with Gasteiger partial charge in [-0.1, -0.05) is 12.1 Å². The highest BCUT2D eigenvalue weighted by atomic mass is 16.5. The van der Waals surface area contributed by atoms with Crippen LogP contribution in [0.5, 0.6) is 0 Å². The zero-order valence-electron chi connectivity index (χ0n) is 20.8. The van der Waals surface area contributed by atoms with Crippen LogP contribution >= 0.6 is 0 Å². The van der Waals surface area contributed by atoms with Gasteiger partial charge in [-0.3, -0.25) is 39.4 Å². The van der Waals surface area contributed by atoms with E-state index in [2.05, 4.69) is 10.6 Å². The third kappa shape index (κ3) is 4.73. The summed E-state index contributed by atoms with van der Waals surface area (Å²) in [6.07, 6.45) is 1.16. The normalized spacial score (nSPS) is 22.2. The summed E-state index contributed by atoms with van der Waals surface area (Å²) in [4.78, 5) is 73.5. The molecule has 0 spiro atoms. The van der Waals surface area contributed by atoms with Crippen molar-refractivity contribution in [3.05, 3.63) is 63.9 Å². The van der Waals surface area contributed by atoms with Crippen LogP contribution in [0.3, 0.4) is 0 Å². The zero-order valence-corrected chi connectivity index (χ0v) is 20.8. The second-order valence-electron chi connectivity index (χ2n) is 9.66. The number of quaternary nitrogens is 1. The highest BCUT2D eigenvalue weighted by molar-refractivity contribution is 6.07. The summed E-state index contributed by atoms with van der Waals surface area (Å²) in [7, 11) is 0. The molecule has 4 aliphatic rings. The Kier molecular flexibility index (Phi) is 6.85. The number of nitrogens with one attached hydrogen (secondary N) is 2. The Bertz CT molecular complexity index is 1420. The summed E-state index contributed by atoms with van der Waals surface area (Å²) in [5.41, 5.74) is 9.99. The molecular formula is C26H26N6O7. The second kappa shape index (κ2) is 10.3. The van der Waals surface area contributed by atoms with Crippen LogP contribution in [0, 0.1) is 5.21 Å². The molecule has 2 atom stereocenters. The molecule has 6 N–H and O–H groups in total. The van der Waals surface area contributed by atoms with Crippen LogP contribution in [0.2, 0.25) is 0 Å². The fourth-order valence-corrected chi connectivity index (χ4v) is 5.33. The van der Waals surface area contributed by atoms with Crippen LogP contribution in [0.1, 0.15) is 57.5 Å². The Hall–Kier alpha value is -4.62. The van der Waals surface area contributed by atoms with Crippen LogP contribution in [-0.2, 0) is 32.3 Å². The number of carbonyl (C=O) groups is 6. The van der Waals surface area contributed by atoms with Crippen LogP contribution < -0.4 is 21.8 Å². The third-order valence-electron chi connectivity index (χ3n) is 7.36. The minimum atomic E-state index is -0.646. The molecule has 2 aromatic rings. The van der Waals surface area contributed by atoms with Crippen molar-refractivity contribution in [2.24, 2.45) is 0 Å². The summed E-state index contributed by atoms with van der Waals surface area (Å²) in [5, 5.41) is 15.5. The van der Waals surface area contributed by atoms with E-state index in [0.717, 1.165) is 5.56 Å². The Morgan fingerprint density at radius 2 is 1.23 bits per heavy atom. The first-order valence-electron chi connectivity index (χ1n) is 12.4. The van der Waals surface area contributed by atoms with E-state index in [-0.39, 0.29) is 43.0 Å². The number of hydrogen-bond donors (Lipinski definition) is 4. The number of carbonyl (C=O) groups excluding carboxylic acids is 6. The average Bonchev–Trinajstić information content (AvgIpc) is 3.42. The number of nitrogens with two attached hydrogens (primary N) is 2. The number of rotatable bonds is 3. The van der Waals surface area contributed by atoms with Crippen LogP contribution in [0.4, 0.5) is 11.4 Å². The van der Waals surface area contributed by atoms with Crippen molar-refractivity contribution in [2.75, 3.05) is 5.73 Å². The largest absolute Gasteiger partial charge is 0.630 e. The first-order valence-corrected chi connectivity index (χ1v) is 12.4. The molecule has 0 aromatic heterocycles. The molecule has 2 unspecified atom stereocenters. The minimum absolute atomic E-state index is 0.197. The molecule has 2 saturated heterocycles. The van der Waals surface area contributed by atoms with Crippen molar-refractivity contribution < 1.29 is 34.2 Å². The molecule has 0 aliphatic carbocycles. The molecule has 4 heterocycles. The van der Waals surface area contributed by atoms with Gasteiger partial charge in [0, 0.05) is 41.8 Å². The molecule has 4 aliphatic heterocycles. The van der Waals surface area contributed by atoms with Gasteiger partial charge < -0.3 is 26.2 Å². The molecule has 0 saturated carbocycles. The van der Waals surface area contributed by atoms with Gasteiger partial charge in [-0.25, -0.2) is 0 Å². The molecule has 202 valence electrons. The van der Waals surface area contributed by atoms with Crippen molar-refractivity contribution in [1.82, 2.24) is 20.4 Å². The molecule has 6 amide bonds. The molecule has 2 fully saturated rings. The first kappa shape index (κ1) is 26.0. The van der Waals surface area contributed by atoms with E-state index in [1.165, 1.54) is 9.80 Å². The fourth-order valence-electron chi connectivity index (χ4n) is 5.33. The van der Waals surface area contributed by atoms with Crippen molar-refractivity contribution in [3.8, 4) is 0 Å². The summed E-state index contributed by atoms with van der Waals surface area (Å²) < 4.78 is 0. The van der Waals surface area contributed by atoms with Crippen LogP contribution in [0.25, 0.3) is 0 Å². The highest BCUT2D eigenvalue weighted by Crippen LogP contribution is 2.31. The summed E-state index contributed by atoms with van der Waals surface area (Å²) in [5.74, 6) is -1.92. The number of nitrogen functional groups attached to an aromatic ring is 1. The van der Waals surface area contributed by atoms with Gasteiger partial charge >= 0.3 is 0 Å². The van der Waals surface area contributed by atoms with Crippen molar-refractivity contribution >= 4 is 46.8 Å². The van der Waals surface area contributed by atoms with Crippen LogP contribution in [0.15, 0.2) is 36.4 Å². The average molecular weight is 535 g/mol. The Labute approximate surface area is 222 Å². The monoisotopic (exact) mass is 534 g/mol. The summed E-state index contributed by atoms with van der Waals surface area (Å²) in [6.45, 7) is 0.558. The van der Waals surface area contributed by atoms with Crippen LogP contribution in [-0.4, -0.2) is 57.3 Å². The number of fused-ring (bicyclic) bond motifs is 2. The van der Waals surface area contributed by atoms with Gasteiger partial charge in [0.1, 0.15) is 17.8 Å². The van der Waals surface area contributed by atoms with E-state index in [1.54, 1.807) is 36.4 Å². The Balaban J connectivity index is 0.000000158. The quantitative estimate of drug-likeness (QED) is 0.222. The van der Waals surface area contributed by atoms with E-state index in [0.29, 0.717) is 52.9 Å². The number of nitrogens with zero attached hydrogens (tertiary/aromatic N) is 2. The molecular weight excluding hydrogens is 508 g/mol. The number of benzene rings is 2. The van der Waals surface area contributed by atoms with Crippen molar-refractivity contribution in [3.63, 3.8) is 0 Å². The van der Waals surface area contributed by atoms with Gasteiger partial charge in [0.05, 0.1) is 12.1 Å². The zero-order chi connectivity index (χ0) is 27.8. The van der Waals surface area contributed by atoms with Gasteiger partial charge in [0.2, 0.25) is 23.6 Å². The molecule has 0 bridgehead atoms. The van der Waals surface area contributed by atoms with E-state index in [9.17, 15) is 34.0 Å². The minimum Gasteiger partial charge on any atom is -0.630 e. The second-order valence-corrected chi connectivity index (χ2v) is 9.66. The van der Waals surface area contributed by atoms with Gasteiger partial charge in [0.25, 0.3) is 11.8 Å². The first-order chi connectivity index (χ1) is 18.7. The van der Waals surface area contributed by atoms with Gasteiger partial charge in [-0.05, 0) is 37.1 Å². The van der Waals surface area contributed by atoms with Gasteiger partial charge in [-0.2, -0.15) is 0 Å². The van der Waals surface area contributed by atoms with E-state index < -0.39 is 23.9 Å². The lowest BCUT2D eigenvalue weighted by Gasteiger charge is -2.29. The maximum absolute atomic E-state index is 12.3. The maximum atomic E-state index is 12.3. The van der Waals surface area contributed by atoms with Gasteiger partial charge in [-0.15, -0.1) is 0 Å². The number of amides is 6. The lowest BCUT2D eigenvalue weighted by atomic mass is 10.0. The van der Waals surface area contributed by atoms with Crippen molar-refractivity contribution in [2.45, 2.75) is 50.9 Å². The smallest absolute Gasteiger partial charge is 0.255 e. The SMILES string of the molecule is Nc1cccc2c1CN(C1CCC(=O)NC1=O)C2=O.O=C1CCC(N2Cc3c([NH2+][O-])cccc3C2=O)C(=O)N1. The van der Waals surface area contributed by atoms with E-state index >= 15 is 0 Å². The molecule has 39 heavy (non-hydrogen) atoms.